The Labute approximate surface area is 666 Å². The number of ether oxygens (including phenoxy) is 2. The van der Waals surface area contributed by atoms with Crippen molar-refractivity contribution in [3.8, 4) is 5.75 Å². The number of aromatic nitrogens is 3. The zero-order chi connectivity index (χ0) is 81.9. The van der Waals surface area contributed by atoms with Crippen LogP contribution >= 0.6 is 0 Å². The molecule has 10 bridgehead atoms. The zero-order valence-corrected chi connectivity index (χ0v) is 67.4. The summed E-state index contributed by atoms with van der Waals surface area (Å²) in [4.78, 5) is 150. The number of carbonyl (C=O) groups excluding carboxylic acids is 9. The number of rotatable bonds is 16. The number of hydrogen-bond acceptors (Lipinski definition) is 18. The number of nitrogens with zero attached hydrogens (tertiary/aromatic N) is 5. The van der Waals surface area contributed by atoms with Gasteiger partial charge in [0.15, 0.2) is 11.6 Å². The molecule has 14 rings (SSSR count). The van der Waals surface area contributed by atoms with Crippen molar-refractivity contribution in [3.63, 3.8) is 0 Å². The number of likely N-dealkylation sites (tertiary alicyclic amines) is 2. The number of hydrogen-bond donors (Lipinski definition) is 8. The molecule has 12 atom stereocenters. The molecule has 6 aromatic carbocycles. The van der Waals surface area contributed by atoms with Gasteiger partial charge in [0.05, 0.1) is 53.7 Å². The lowest BCUT2D eigenvalue weighted by Gasteiger charge is -2.36. The average molecular weight is 1580 g/mol. The first-order chi connectivity index (χ1) is 54.2. The predicted octanol–water partition coefficient (Wildman–Crippen LogP) is 6.99. The number of ketones is 2. The lowest BCUT2D eigenvalue weighted by Crippen LogP contribution is -2.60. The highest BCUT2D eigenvalue weighted by atomic mass is 32.2. The summed E-state index contributed by atoms with van der Waals surface area (Å²) >= 11 is 0. The maximum absolute atomic E-state index is 15.5. The number of sulfonamides is 1. The van der Waals surface area contributed by atoms with Crippen molar-refractivity contribution in [3.05, 3.63) is 173 Å². The number of nitrogens with one attached hydrogen (secondary N) is 7. The summed E-state index contributed by atoms with van der Waals surface area (Å²) in [6, 6.07) is 31.3. The number of aryl methyl sites for hydroxylation is 1. The summed E-state index contributed by atoms with van der Waals surface area (Å²) in [5.74, 6) is -8.63. The topological polar surface area (TPSA) is 365 Å². The molecule has 608 valence electrons. The molecule has 8 N–H and O–H groups in total. The molecule has 0 radical (unpaired) electrons. The molecule has 27 nitrogen and oxygen atoms in total. The minimum Gasteiger partial charge on any atom is -0.487 e. The predicted molar refractivity (Wildman–Crippen MR) is 430 cm³/mol. The van der Waals surface area contributed by atoms with Gasteiger partial charge >= 0.3 is 5.97 Å². The number of carboxylic acids is 1. The van der Waals surface area contributed by atoms with Crippen LogP contribution in [-0.4, -0.2) is 191 Å². The van der Waals surface area contributed by atoms with E-state index in [0.717, 1.165) is 27.1 Å². The van der Waals surface area contributed by atoms with E-state index in [1.54, 1.807) is 79.2 Å². The second kappa shape index (κ2) is 36.9. The zero-order valence-electron chi connectivity index (χ0n) is 66.6. The Hall–Kier alpha value is -10.3. The van der Waals surface area contributed by atoms with Crippen molar-refractivity contribution in [2.45, 2.75) is 211 Å². The van der Waals surface area contributed by atoms with E-state index in [-0.39, 0.29) is 64.8 Å². The normalized spacial score (nSPS) is 22.6. The summed E-state index contributed by atoms with van der Waals surface area (Å²) in [7, 11) is -0.904. The van der Waals surface area contributed by atoms with Gasteiger partial charge in [0.2, 0.25) is 45.5 Å². The Bertz CT molecular complexity index is 4790. The lowest BCUT2D eigenvalue weighted by atomic mass is 9.85. The molecule has 7 aromatic rings. The summed E-state index contributed by atoms with van der Waals surface area (Å²) in [6.45, 7) is 14.2. The number of carboxylic acid groups (broad SMARTS) is 1. The van der Waals surface area contributed by atoms with E-state index in [4.69, 9.17) is 9.47 Å². The smallest absolute Gasteiger partial charge is 0.307 e. The number of benzene rings is 6. The molecule has 1 aliphatic carbocycles. The van der Waals surface area contributed by atoms with Crippen LogP contribution in [0.3, 0.4) is 0 Å². The minimum atomic E-state index is -4.15. The van der Waals surface area contributed by atoms with Crippen LogP contribution in [0, 0.1) is 22.7 Å². The first-order valence-corrected chi connectivity index (χ1v) is 41.0. The van der Waals surface area contributed by atoms with Gasteiger partial charge in [-0.05, 0) is 152 Å². The molecule has 7 aliphatic rings. The fourth-order valence-electron chi connectivity index (χ4n) is 15.1. The van der Waals surface area contributed by atoms with Crippen LogP contribution in [0.4, 0.5) is 0 Å². The van der Waals surface area contributed by atoms with Crippen LogP contribution in [-0.2, 0) is 101 Å². The van der Waals surface area contributed by atoms with Crippen molar-refractivity contribution < 1.29 is 70.9 Å². The van der Waals surface area contributed by atoms with Crippen molar-refractivity contribution in [1.29, 1.82) is 0 Å². The molecule has 0 spiro atoms. The standard InChI is InChI=1S/C86H108N12O15S/c1-51(87-9)77(101)91-75(85(3,4)5)82(106)96-48-65-45-72(96)81(105)89-69(42-57-27-31-59-19-12-14-21-61(59)39-57)73(99)44-63(84(108)109)37-54-24-22-53(23-25-54)17-15-16-36-112-67-46-71(97(49-67)83(107)76(86(6,7)8)92-78(102)52(2)88-10)74(100)43-62(40-56-26-30-58-18-11-13-20-60(58)38-56)79(103)90-70(80(104)94-114(110,111)68-34-35-68)41-55-28-32-66(33-29-55)113-50-64-47-98(65)95-93-64/h11-14,18-33,38-39,47,51-52,62-63,65,67-72,75-76,87-88H,15-17,34-37,40-46,48-50H2,1-10H3,(H,89,105)(H,90,103)(H,91,101)(H,92,102)(H,94,104)(H,108,109)/t51-,52-,62+,63+,65-,67-,69-,70-,71-,72-,75+,76+/m0/s1. The largest absolute Gasteiger partial charge is 0.487 e. The van der Waals surface area contributed by atoms with Crippen LogP contribution in [0.25, 0.3) is 21.5 Å². The molecule has 1 saturated carbocycles. The Morgan fingerprint density at radius 2 is 1.17 bits per heavy atom. The van der Waals surface area contributed by atoms with E-state index in [0.29, 0.717) is 65.8 Å². The van der Waals surface area contributed by atoms with Gasteiger partial charge in [-0.3, -0.25) is 52.7 Å². The number of carbonyl (C=O) groups is 10. The Morgan fingerprint density at radius 1 is 0.614 bits per heavy atom. The Balaban J connectivity index is 0.921. The molecule has 114 heavy (non-hydrogen) atoms. The second-order valence-electron chi connectivity index (χ2n) is 33.2. The van der Waals surface area contributed by atoms with Crippen molar-refractivity contribution in [1.82, 2.24) is 61.4 Å². The van der Waals surface area contributed by atoms with E-state index in [1.165, 1.54) is 14.5 Å². The molecular weight excluding hydrogens is 1470 g/mol. The van der Waals surface area contributed by atoms with Crippen molar-refractivity contribution >= 4 is 90.5 Å². The average Bonchev–Trinajstić information content (AvgIpc) is 1.63. The Kier molecular flexibility index (Phi) is 27.4. The fraction of sp³-hybridized carbons (Fsp3) is 0.488. The molecule has 28 heteroatoms. The van der Waals surface area contributed by atoms with E-state index in [2.05, 4.69) is 46.9 Å². The SMILES string of the molecule is CN[C@@H](C)C(=O)N[C@H](C(=O)N1C[C@@H]2C[C@H]1C(=O)C[C@@H](Cc1ccc3ccccc3c1)C(=O)N[C@H](C(=O)NS(=O)(=O)C1CC1)Cc1ccc(cc1)OCc1cn(nn1)[C@H]1C[C@@H](C(=O)N[C@@H](Cc3ccc4ccccc4c3)C(=O)C[C@H](C(=O)O)Cc3ccc(cc3)CCCCO2)N(C(=O)[C@@H](NC(=O)[C@H](C)NC)C(C)(C)C)C1)C(C)(C)C. The van der Waals surface area contributed by atoms with E-state index in [9.17, 15) is 32.7 Å². The number of Topliss-reactive ketones (excluding diaryl/α,β-unsaturated/α-hetero) is 2. The molecular formula is C86H108N12O15S. The highest BCUT2D eigenvalue weighted by Crippen LogP contribution is 2.35. The summed E-state index contributed by atoms with van der Waals surface area (Å²) in [5.41, 5.74) is 2.08. The molecule has 2 saturated heterocycles. The summed E-state index contributed by atoms with van der Waals surface area (Å²) < 4.78 is 43.6. The third-order valence-corrected chi connectivity index (χ3v) is 24.2. The van der Waals surface area contributed by atoms with Crippen LogP contribution in [0.1, 0.15) is 146 Å². The van der Waals surface area contributed by atoms with Crippen LogP contribution in [0.5, 0.6) is 5.75 Å². The molecule has 1 aromatic heterocycles. The van der Waals surface area contributed by atoms with Crippen molar-refractivity contribution in [2.75, 3.05) is 33.8 Å². The minimum absolute atomic E-state index is 0.00696. The van der Waals surface area contributed by atoms with Gasteiger partial charge in [0, 0.05) is 57.7 Å². The van der Waals surface area contributed by atoms with Gasteiger partial charge in [0.25, 0.3) is 5.91 Å². The molecule has 7 heterocycles. The third-order valence-electron chi connectivity index (χ3n) is 22.3. The van der Waals surface area contributed by atoms with E-state index >= 15 is 28.8 Å². The summed E-state index contributed by atoms with van der Waals surface area (Å²) in [5, 5.41) is 40.1. The van der Waals surface area contributed by atoms with Gasteiger partial charge in [-0.15, -0.1) is 5.10 Å². The monoisotopic (exact) mass is 1580 g/mol. The maximum atomic E-state index is 15.5. The molecule has 3 fully saturated rings. The third kappa shape index (κ3) is 21.8. The molecule has 6 aliphatic heterocycles. The van der Waals surface area contributed by atoms with Crippen LogP contribution in [0.15, 0.2) is 140 Å². The van der Waals surface area contributed by atoms with Gasteiger partial charge in [0.1, 0.15) is 42.2 Å². The number of fused-ring (bicyclic) bond motifs is 2. The lowest BCUT2D eigenvalue weighted by molar-refractivity contribution is -0.145. The number of amides is 7. The van der Waals surface area contributed by atoms with Crippen molar-refractivity contribution in [2.24, 2.45) is 22.7 Å². The second-order valence-corrected chi connectivity index (χ2v) is 35.2. The number of aliphatic carboxylic acids is 1. The van der Waals surface area contributed by atoms with Crippen LogP contribution in [0.2, 0.25) is 0 Å². The fourth-order valence-corrected chi connectivity index (χ4v) is 16.4. The Morgan fingerprint density at radius 3 is 1.74 bits per heavy atom. The highest BCUT2D eigenvalue weighted by Gasteiger charge is 2.49. The molecule has 0 unspecified atom stereocenters. The first-order valence-electron chi connectivity index (χ1n) is 39.5. The number of likely N-dealkylation sites (N-methyl/N-ethyl adjacent to an activating group) is 2. The van der Waals surface area contributed by atoms with Crippen LogP contribution < -0.4 is 41.4 Å². The van der Waals surface area contributed by atoms with E-state index in [1.807, 2.05) is 130 Å². The first kappa shape index (κ1) is 84.6. The van der Waals surface area contributed by atoms with Gasteiger partial charge in [-0.1, -0.05) is 168 Å². The quantitative estimate of drug-likeness (QED) is 0.0483. The maximum Gasteiger partial charge on any atom is 0.307 e. The molecule has 7 amide bonds. The van der Waals surface area contributed by atoms with Gasteiger partial charge in [-0.25, -0.2) is 13.1 Å². The van der Waals surface area contributed by atoms with E-state index < -0.39 is 170 Å². The van der Waals surface area contributed by atoms with Gasteiger partial charge < -0.3 is 56.3 Å². The highest BCUT2D eigenvalue weighted by molar-refractivity contribution is 7.91. The summed E-state index contributed by atoms with van der Waals surface area (Å²) in [6.07, 6.45) is 2.37. The van der Waals surface area contributed by atoms with Gasteiger partial charge in [-0.2, -0.15) is 0 Å².